The molecule has 4 atom stereocenters. The Hall–Kier alpha value is -5.04. The molecule has 2 aliphatic heterocycles. The smallest absolute Gasteiger partial charge is 0.259 e. The largest absolute Gasteiger partial charge is 0.497 e. The van der Waals surface area contributed by atoms with E-state index in [1.807, 2.05) is 78.2 Å². The van der Waals surface area contributed by atoms with Gasteiger partial charge in [0, 0.05) is 31.6 Å². The number of hydrogen-bond donors (Lipinski definition) is 0. The lowest BCUT2D eigenvalue weighted by Crippen LogP contribution is -2.39. The number of aliphatic imine (C=N–C) groups is 1. The van der Waals surface area contributed by atoms with Crippen molar-refractivity contribution in [3.63, 3.8) is 0 Å². The van der Waals surface area contributed by atoms with Gasteiger partial charge in [-0.2, -0.15) is 5.26 Å². The molecule has 2 saturated heterocycles. The summed E-state index contributed by atoms with van der Waals surface area (Å²) in [4.78, 5) is 21.1. The average molecular weight is 865 g/mol. The number of ether oxygens (including phenoxy) is 5. The zero-order chi connectivity index (χ0) is 43.6. The number of amidine groups is 1. The van der Waals surface area contributed by atoms with Crippen LogP contribution in [0.25, 0.3) is 11.2 Å². The maximum Gasteiger partial charge on any atom is 0.259 e. The van der Waals surface area contributed by atoms with Crippen LogP contribution >= 0.6 is 8.53 Å². The van der Waals surface area contributed by atoms with E-state index in [9.17, 15) is 5.26 Å². The molecule has 5 aromatic rings. The van der Waals surface area contributed by atoms with Crippen LogP contribution in [0.15, 0.2) is 96.5 Å². The van der Waals surface area contributed by atoms with Gasteiger partial charge in [0.1, 0.15) is 41.6 Å². The summed E-state index contributed by atoms with van der Waals surface area (Å²) in [6.07, 6.45) is 2.28. The summed E-state index contributed by atoms with van der Waals surface area (Å²) in [5.41, 5.74) is 2.78. The Morgan fingerprint density at radius 3 is 2.13 bits per heavy atom. The fourth-order valence-electron chi connectivity index (χ4n) is 8.07. The quantitative estimate of drug-likeness (QED) is 0.0274. The second kappa shape index (κ2) is 20.9. The van der Waals surface area contributed by atoms with E-state index in [0.29, 0.717) is 36.6 Å². The van der Waals surface area contributed by atoms with Crippen LogP contribution in [0.3, 0.4) is 0 Å². The van der Waals surface area contributed by atoms with Crippen LogP contribution in [0, 0.1) is 11.3 Å². The van der Waals surface area contributed by atoms with Gasteiger partial charge in [-0.25, -0.2) is 24.6 Å². The summed E-state index contributed by atoms with van der Waals surface area (Å²) in [7, 11) is 1.68. The number of morpholine rings is 1. The number of nitriles is 1. The normalized spacial score (nSPS) is 19.1. The Balaban J connectivity index is 1.29. The first kappa shape index (κ1) is 45.0. The molecule has 328 valence electrons. The molecule has 0 N–H and O–H groups in total. The Labute approximate surface area is 365 Å². The third-order valence-corrected chi connectivity index (χ3v) is 13.2. The van der Waals surface area contributed by atoms with Gasteiger partial charge in [-0.3, -0.25) is 4.57 Å². The molecule has 0 bridgehead atoms. The van der Waals surface area contributed by atoms with E-state index < -0.39 is 32.6 Å². The highest BCUT2D eigenvalue weighted by molar-refractivity contribution is 7.44. The predicted molar refractivity (Wildman–Crippen MR) is 237 cm³/mol. The minimum atomic E-state index is -1.63. The van der Waals surface area contributed by atoms with E-state index in [2.05, 4.69) is 65.4 Å². The number of rotatable bonds is 18. The first-order valence-corrected chi connectivity index (χ1v) is 22.2. The second-order valence-corrected chi connectivity index (χ2v) is 17.1. The van der Waals surface area contributed by atoms with Crippen molar-refractivity contribution in [2.24, 2.45) is 4.99 Å². The SMILES string of the molecule is COc1ccc(C(OC[C@H]2O[C@@H](n3cnc4c(/N=C(/C)N5CCOCC5)ncnc43)CC2OP(OCCC#N)N(C(C)C)C(C)C)(c2ccccc2)c2ccc(OC)cc2)cc1. The Morgan fingerprint density at radius 1 is 0.903 bits per heavy atom. The predicted octanol–water partition coefficient (Wildman–Crippen LogP) is 8.18. The van der Waals surface area contributed by atoms with E-state index in [4.69, 9.17) is 42.7 Å². The summed E-state index contributed by atoms with van der Waals surface area (Å²) in [6.45, 7) is 13.6. The average Bonchev–Trinajstić information content (AvgIpc) is 3.92. The molecule has 0 aliphatic carbocycles. The van der Waals surface area contributed by atoms with Crippen LogP contribution in [0.2, 0.25) is 0 Å². The highest BCUT2D eigenvalue weighted by Crippen LogP contribution is 2.51. The third-order valence-electron chi connectivity index (χ3n) is 11.1. The maximum atomic E-state index is 9.45. The van der Waals surface area contributed by atoms with Crippen molar-refractivity contribution in [3.8, 4) is 17.6 Å². The number of methoxy groups -OCH3 is 2. The molecule has 0 amide bonds. The molecule has 7 rings (SSSR count). The number of imidazole rings is 1. The number of hydrogen-bond acceptors (Lipinski definition) is 13. The van der Waals surface area contributed by atoms with E-state index in [-0.39, 0.29) is 31.7 Å². The Morgan fingerprint density at radius 2 is 1.53 bits per heavy atom. The number of fused-ring (bicyclic) bond motifs is 1. The van der Waals surface area contributed by atoms with Crippen LogP contribution in [-0.2, 0) is 28.9 Å². The van der Waals surface area contributed by atoms with Crippen LogP contribution in [0.1, 0.15) is 70.4 Å². The fourth-order valence-corrected chi connectivity index (χ4v) is 9.83. The van der Waals surface area contributed by atoms with Crippen LogP contribution in [-0.4, -0.2) is 113 Å². The Kier molecular flexibility index (Phi) is 15.2. The summed E-state index contributed by atoms with van der Waals surface area (Å²) >= 11 is 0. The van der Waals surface area contributed by atoms with Crippen molar-refractivity contribution < 1.29 is 32.7 Å². The number of nitrogens with zero attached hydrogens (tertiary/aromatic N) is 8. The van der Waals surface area contributed by atoms with Gasteiger partial charge in [0.25, 0.3) is 8.53 Å². The lowest BCUT2D eigenvalue weighted by Gasteiger charge is -2.39. The molecular weight excluding hydrogens is 808 g/mol. The van der Waals surface area contributed by atoms with Crippen molar-refractivity contribution in [3.05, 3.63) is 108 Å². The van der Waals surface area contributed by atoms with Crippen molar-refractivity contribution in [1.82, 2.24) is 29.1 Å². The van der Waals surface area contributed by atoms with Crippen LogP contribution in [0.5, 0.6) is 11.5 Å². The van der Waals surface area contributed by atoms with Crippen molar-refractivity contribution >= 4 is 31.3 Å². The summed E-state index contributed by atoms with van der Waals surface area (Å²) in [5.74, 6) is 2.78. The van der Waals surface area contributed by atoms with Gasteiger partial charge in [-0.15, -0.1) is 0 Å². The fraction of sp³-hybridized carbons (Fsp3) is 0.457. The van der Waals surface area contributed by atoms with Gasteiger partial charge in [0.05, 0.1) is 65.6 Å². The molecule has 0 saturated carbocycles. The molecule has 2 aliphatic rings. The lowest BCUT2D eigenvalue weighted by atomic mass is 9.80. The molecule has 2 unspecified atom stereocenters. The van der Waals surface area contributed by atoms with E-state index in [0.717, 1.165) is 47.1 Å². The first-order valence-electron chi connectivity index (χ1n) is 21.1. The van der Waals surface area contributed by atoms with Gasteiger partial charge in [-0.1, -0.05) is 54.6 Å². The summed E-state index contributed by atoms with van der Waals surface area (Å²) in [5, 5.41) is 9.45. The van der Waals surface area contributed by atoms with Crippen LogP contribution < -0.4 is 9.47 Å². The minimum absolute atomic E-state index is 0.0982. The Bertz CT molecular complexity index is 2210. The monoisotopic (exact) mass is 864 g/mol. The number of aromatic nitrogens is 4. The molecule has 0 radical (unpaired) electrons. The van der Waals surface area contributed by atoms with E-state index in [1.165, 1.54) is 6.33 Å². The zero-order valence-electron chi connectivity index (χ0n) is 36.6. The molecule has 62 heavy (non-hydrogen) atoms. The standard InChI is InChI=1S/C46H57N8O7P/c1-32(2)54(33(3)4)62(59-25-11-22-47)61-40-28-42(53-31-50-43-44(48-30-49-45(43)53)51-34(5)52-23-26-57-27-24-52)60-41(40)29-58-46(35-12-9-8-10-13-35,36-14-18-38(55-6)19-15-36)37-16-20-39(56-7)21-17-37/h8-10,12-21,30-33,40-42H,11,23-29H2,1-7H3/b51-34-/t40?,41-,42-,62?/m1/s1. The van der Waals surface area contributed by atoms with E-state index >= 15 is 0 Å². The van der Waals surface area contributed by atoms with E-state index in [1.54, 1.807) is 20.5 Å². The molecule has 2 aromatic heterocycles. The zero-order valence-corrected chi connectivity index (χ0v) is 37.5. The molecule has 0 spiro atoms. The molecule has 3 aromatic carbocycles. The second-order valence-electron chi connectivity index (χ2n) is 15.7. The van der Waals surface area contributed by atoms with Gasteiger partial charge in [0.2, 0.25) is 0 Å². The van der Waals surface area contributed by atoms with Crippen molar-refractivity contribution in [2.45, 2.75) is 83.6 Å². The number of benzene rings is 3. The molecule has 2 fully saturated rings. The summed E-state index contributed by atoms with van der Waals surface area (Å²) < 4.78 is 48.8. The molecule has 15 nitrogen and oxygen atoms in total. The third kappa shape index (κ3) is 9.93. The summed E-state index contributed by atoms with van der Waals surface area (Å²) in [6, 6.07) is 28.5. The molecule has 16 heteroatoms. The minimum Gasteiger partial charge on any atom is -0.497 e. The van der Waals surface area contributed by atoms with Gasteiger partial charge >= 0.3 is 0 Å². The van der Waals surface area contributed by atoms with Crippen molar-refractivity contribution in [2.75, 3.05) is 53.7 Å². The van der Waals surface area contributed by atoms with Gasteiger partial charge in [-0.05, 0) is 75.6 Å². The van der Waals surface area contributed by atoms with Gasteiger partial charge in [0.15, 0.2) is 17.0 Å². The highest BCUT2D eigenvalue weighted by Gasteiger charge is 2.45. The lowest BCUT2D eigenvalue weighted by molar-refractivity contribution is -0.0912. The molecular formula is C46H57N8O7P. The maximum absolute atomic E-state index is 9.45. The molecule has 4 heterocycles. The highest BCUT2D eigenvalue weighted by atomic mass is 31.2. The van der Waals surface area contributed by atoms with Crippen LogP contribution in [0.4, 0.5) is 5.82 Å². The first-order chi connectivity index (χ1) is 30.2. The van der Waals surface area contributed by atoms with Crippen molar-refractivity contribution in [1.29, 1.82) is 5.26 Å². The van der Waals surface area contributed by atoms with Gasteiger partial charge < -0.3 is 37.6 Å². The topological polar surface area (TPSA) is 151 Å².